The molecule has 0 radical (unpaired) electrons. The quantitative estimate of drug-likeness (QED) is 0.832. The first kappa shape index (κ1) is 11.8. The molecule has 0 aliphatic carbocycles. The Morgan fingerprint density at radius 3 is 3.06 bits per heavy atom. The summed E-state index contributed by atoms with van der Waals surface area (Å²) in [7, 11) is 0. The van der Waals surface area contributed by atoms with Crippen LogP contribution in [0.4, 0.5) is 0 Å². The van der Waals surface area contributed by atoms with Crippen LogP contribution >= 0.6 is 23.5 Å². The maximum Gasteiger partial charge on any atom is 0.243 e. The zero-order valence-electron chi connectivity index (χ0n) is 9.33. The largest absolute Gasteiger partial charge is 0.392 e. The highest BCUT2D eigenvalue weighted by Crippen LogP contribution is 2.35. The molecule has 0 saturated carbocycles. The Bertz CT molecular complexity index is 362. The van der Waals surface area contributed by atoms with Crippen LogP contribution in [0.1, 0.15) is 29.4 Å². The Balaban J connectivity index is 1.69. The van der Waals surface area contributed by atoms with Crippen molar-refractivity contribution < 1.29 is 9.63 Å². The molecule has 0 spiro atoms. The molecule has 3 rings (SSSR count). The van der Waals surface area contributed by atoms with Crippen LogP contribution < -0.4 is 5.32 Å². The van der Waals surface area contributed by atoms with Gasteiger partial charge in [0.15, 0.2) is 5.82 Å². The van der Waals surface area contributed by atoms with Crippen LogP contribution in [-0.4, -0.2) is 45.2 Å². The molecule has 2 aliphatic heterocycles. The molecule has 2 N–H and O–H groups in total. The van der Waals surface area contributed by atoms with Crippen molar-refractivity contribution in [1.82, 2.24) is 15.5 Å². The molecular formula is C10H15N3O2S2. The van der Waals surface area contributed by atoms with Gasteiger partial charge in [0, 0.05) is 23.8 Å². The van der Waals surface area contributed by atoms with E-state index in [0.29, 0.717) is 24.1 Å². The zero-order valence-corrected chi connectivity index (χ0v) is 11.0. The van der Waals surface area contributed by atoms with Gasteiger partial charge in [-0.2, -0.15) is 16.7 Å². The highest BCUT2D eigenvalue weighted by atomic mass is 32.2. The summed E-state index contributed by atoms with van der Waals surface area (Å²) in [5.41, 5.74) is 0. The van der Waals surface area contributed by atoms with Crippen LogP contribution in [0.5, 0.6) is 0 Å². The van der Waals surface area contributed by atoms with Gasteiger partial charge in [0.25, 0.3) is 0 Å². The molecule has 2 fully saturated rings. The van der Waals surface area contributed by atoms with E-state index in [0.717, 1.165) is 17.3 Å². The summed E-state index contributed by atoms with van der Waals surface area (Å²) in [4.78, 5) is 4.46. The van der Waals surface area contributed by atoms with Crippen molar-refractivity contribution in [2.24, 2.45) is 0 Å². The van der Waals surface area contributed by atoms with E-state index in [4.69, 9.17) is 4.52 Å². The Morgan fingerprint density at radius 1 is 1.41 bits per heavy atom. The number of aromatic nitrogens is 2. The van der Waals surface area contributed by atoms with Crippen LogP contribution in [0, 0.1) is 0 Å². The third-order valence-corrected chi connectivity index (χ3v) is 5.72. The maximum absolute atomic E-state index is 9.46. The number of nitrogens with one attached hydrogen (secondary N) is 1. The number of hydrogen-bond acceptors (Lipinski definition) is 7. The average molecular weight is 273 g/mol. The second-order valence-corrected chi connectivity index (χ2v) is 6.74. The van der Waals surface area contributed by atoms with Crippen molar-refractivity contribution in [1.29, 1.82) is 0 Å². The summed E-state index contributed by atoms with van der Waals surface area (Å²) >= 11 is 3.84. The molecule has 7 heteroatoms. The molecule has 0 bridgehead atoms. The average Bonchev–Trinajstić information content (AvgIpc) is 2.98. The second kappa shape index (κ2) is 5.17. The maximum atomic E-state index is 9.46. The minimum Gasteiger partial charge on any atom is -0.392 e. The summed E-state index contributed by atoms with van der Waals surface area (Å²) in [5.74, 6) is 4.85. The van der Waals surface area contributed by atoms with E-state index in [1.54, 1.807) is 0 Å². The van der Waals surface area contributed by atoms with Gasteiger partial charge in [0.1, 0.15) is 0 Å². The predicted molar refractivity (Wildman–Crippen MR) is 68.2 cm³/mol. The SMILES string of the molecule is OC1CNC(c2nc(C3CSCCS3)no2)C1. The molecule has 3 unspecified atom stereocenters. The molecule has 1 aromatic heterocycles. The smallest absolute Gasteiger partial charge is 0.243 e. The van der Waals surface area contributed by atoms with Gasteiger partial charge in [-0.3, -0.25) is 0 Å². The van der Waals surface area contributed by atoms with Crippen molar-refractivity contribution in [3.05, 3.63) is 11.7 Å². The molecule has 0 aromatic carbocycles. The molecule has 3 atom stereocenters. The first-order valence-corrected chi connectivity index (χ1v) is 7.97. The van der Waals surface area contributed by atoms with Crippen molar-refractivity contribution in [3.8, 4) is 0 Å². The van der Waals surface area contributed by atoms with Crippen LogP contribution in [-0.2, 0) is 0 Å². The van der Waals surface area contributed by atoms with Crippen molar-refractivity contribution >= 4 is 23.5 Å². The summed E-state index contributed by atoms with van der Waals surface area (Å²) in [6, 6.07) is 0.0208. The Kier molecular flexibility index (Phi) is 3.60. The monoisotopic (exact) mass is 273 g/mol. The minimum absolute atomic E-state index is 0.0208. The fourth-order valence-electron chi connectivity index (χ4n) is 2.06. The third kappa shape index (κ3) is 2.62. The number of aliphatic hydroxyl groups is 1. The lowest BCUT2D eigenvalue weighted by Crippen LogP contribution is -2.15. The van der Waals surface area contributed by atoms with Gasteiger partial charge in [-0.05, 0) is 6.42 Å². The molecule has 2 saturated heterocycles. The summed E-state index contributed by atoms with van der Waals surface area (Å²) < 4.78 is 5.29. The van der Waals surface area contributed by atoms with Crippen molar-refractivity contribution in [3.63, 3.8) is 0 Å². The van der Waals surface area contributed by atoms with Crippen LogP contribution in [0.3, 0.4) is 0 Å². The van der Waals surface area contributed by atoms with Gasteiger partial charge in [0.05, 0.1) is 17.4 Å². The van der Waals surface area contributed by atoms with Crippen LogP contribution in [0.2, 0.25) is 0 Å². The number of hydrogen-bond donors (Lipinski definition) is 2. The standard InChI is InChI=1S/C10H15N3O2S2/c14-6-3-7(11-4-6)10-12-9(13-15-10)8-5-16-1-2-17-8/h6-8,11,14H,1-5H2. The zero-order chi connectivity index (χ0) is 11.7. The van der Waals surface area contributed by atoms with Gasteiger partial charge in [-0.15, -0.1) is 11.8 Å². The van der Waals surface area contributed by atoms with Crippen molar-refractivity contribution in [2.45, 2.75) is 23.8 Å². The Morgan fingerprint density at radius 2 is 2.35 bits per heavy atom. The van der Waals surface area contributed by atoms with Crippen LogP contribution in [0.15, 0.2) is 4.52 Å². The van der Waals surface area contributed by atoms with Gasteiger partial charge < -0.3 is 14.9 Å². The Labute approximate surface area is 108 Å². The topological polar surface area (TPSA) is 71.2 Å². The molecule has 2 aliphatic rings. The van der Waals surface area contributed by atoms with E-state index in [-0.39, 0.29) is 12.1 Å². The lowest BCUT2D eigenvalue weighted by Gasteiger charge is -2.17. The van der Waals surface area contributed by atoms with Gasteiger partial charge >= 0.3 is 0 Å². The number of nitrogens with zero attached hydrogens (tertiary/aromatic N) is 2. The normalized spacial score (nSPS) is 34.1. The summed E-state index contributed by atoms with van der Waals surface area (Å²) in [5, 5.41) is 17.1. The van der Waals surface area contributed by atoms with E-state index < -0.39 is 0 Å². The number of β-amino-alcohol motifs (C(OH)–C–C–N with tert-alkyl or cyclic N) is 1. The molecule has 1 aromatic rings. The fourth-order valence-corrected chi connectivity index (χ4v) is 4.65. The van der Waals surface area contributed by atoms with Gasteiger partial charge in [0.2, 0.25) is 5.89 Å². The lowest BCUT2D eigenvalue weighted by atomic mass is 10.2. The molecule has 3 heterocycles. The molecule has 5 nitrogen and oxygen atoms in total. The third-order valence-electron chi connectivity index (χ3n) is 2.97. The highest BCUT2D eigenvalue weighted by molar-refractivity contribution is 8.06. The van der Waals surface area contributed by atoms with E-state index in [9.17, 15) is 5.11 Å². The molecular weight excluding hydrogens is 258 g/mol. The fraction of sp³-hybridized carbons (Fsp3) is 0.800. The van der Waals surface area contributed by atoms with Crippen LogP contribution in [0.25, 0.3) is 0 Å². The van der Waals surface area contributed by atoms with E-state index in [1.165, 1.54) is 5.75 Å². The minimum atomic E-state index is -0.296. The molecule has 0 amide bonds. The first-order valence-electron chi connectivity index (χ1n) is 5.77. The summed E-state index contributed by atoms with van der Waals surface area (Å²) in [6.07, 6.45) is 0.365. The van der Waals surface area contributed by atoms with E-state index in [2.05, 4.69) is 15.5 Å². The lowest BCUT2D eigenvalue weighted by molar-refractivity contribution is 0.191. The highest BCUT2D eigenvalue weighted by Gasteiger charge is 2.29. The van der Waals surface area contributed by atoms with Gasteiger partial charge in [-0.1, -0.05) is 5.16 Å². The van der Waals surface area contributed by atoms with Gasteiger partial charge in [-0.25, -0.2) is 0 Å². The number of thioether (sulfide) groups is 2. The number of aliphatic hydroxyl groups excluding tert-OH is 1. The second-order valence-electron chi connectivity index (χ2n) is 4.28. The Hall–Kier alpha value is -0.240. The molecule has 94 valence electrons. The summed E-state index contributed by atoms with van der Waals surface area (Å²) in [6.45, 7) is 0.608. The molecule has 17 heavy (non-hydrogen) atoms. The van der Waals surface area contributed by atoms with Crippen molar-refractivity contribution in [2.75, 3.05) is 23.8 Å². The predicted octanol–water partition coefficient (Wildman–Crippen LogP) is 0.986. The first-order chi connectivity index (χ1) is 8.33. The van der Waals surface area contributed by atoms with E-state index in [1.807, 2.05) is 23.5 Å². The number of rotatable bonds is 2. The van der Waals surface area contributed by atoms with E-state index >= 15 is 0 Å².